The van der Waals surface area contributed by atoms with Crippen molar-refractivity contribution in [1.29, 1.82) is 0 Å². The van der Waals surface area contributed by atoms with Gasteiger partial charge in [-0.05, 0) is 12.8 Å². The van der Waals surface area contributed by atoms with Gasteiger partial charge in [0.15, 0.2) is 0 Å². The quantitative estimate of drug-likeness (QED) is 0.0992. The normalized spacial score (nSPS) is 15.1. The Balaban J connectivity index is 0.0000130. The Bertz CT molecular complexity index is 401. The van der Waals surface area contributed by atoms with Crippen LogP contribution in [0.1, 0.15) is 142 Å². The first-order chi connectivity index (χ1) is 17.8. The highest BCUT2D eigenvalue weighted by atomic mass is 79.9. The van der Waals surface area contributed by atoms with Crippen LogP contribution in [-0.2, 0) is 9.47 Å². The summed E-state index contributed by atoms with van der Waals surface area (Å²) in [5.41, 5.74) is 0. The third-order valence-electron chi connectivity index (χ3n) is 8.23. The van der Waals surface area contributed by atoms with Crippen molar-refractivity contribution < 1.29 is 30.9 Å². The van der Waals surface area contributed by atoms with Gasteiger partial charge in [-0.25, -0.2) is 0 Å². The fraction of sp³-hybridized carbons (Fsp3) is 1.00. The Morgan fingerprint density at radius 1 is 0.459 bits per heavy atom. The second-order valence-electron chi connectivity index (χ2n) is 11.6. The topological polar surface area (TPSA) is 30.5 Å². The fourth-order valence-corrected chi connectivity index (χ4v) is 5.53. The van der Waals surface area contributed by atoms with E-state index in [9.17, 15) is 0 Å². The molecule has 1 aliphatic heterocycles. The number of hydrogen-bond donors (Lipinski definition) is 1. The third-order valence-corrected chi connectivity index (χ3v) is 8.23. The average Bonchev–Trinajstić information content (AvgIpc) is 2.90. The summed E-state index contributed by atoms with van der Waals surface area (Å²) in [6.07, 6.45) is 27.8. The molecule has 0 amide bonds. The fourth-order valence-electron chi connectivity index (χ4n) is 5.53. The lowest BCUT2D eigenvalue weighted by atomic mass is 10.1. The lowest BCUT2D eigenvalue weighted by molar-refractivity contribution is -0.930. The molecule has 1 fully saturated rings. The van der Waals surface area contributed by atoms with Crippen LogP contribution in [0, 0.1) is 0 Å². The van der Waals surface area contributed by atoms with Crippen molar-refractivity contribution in [3.8, 4) is 0 Å². The van der Waals surface area contributed by atoms with Crippen molar-refractivity contribution in [2.24, 2.45) is 0 Å². The summed E-state index contributed by atoms with van der Waals surface area (Å²) in [4.78, 5) is 0. The first-order valence-corrected chi connectivity index (χ1v) is 16.5. The van der Waals surface area contributed by atoms with E-state index in [1.807, 2.05) is 0 Å². The molecule has 1 rings (SSSR count). The molecule has 1 N–H and O–H groups in total. The maximum Gasteiger partial charge on any atom is 0.103 e. The number of unbranched alkanes of at least 4 members (excludes halogenated alkanes) is 18. The smallest absolute Gasteiger partial charge is 0.103 e. The van der Waals surface area contributed by atoms with Crippen molar-refractivity contribution in [2.45, 2.75) is 142 Å². The highest BCUT2D eigenvalue weighted by molar-refractivity contribution is 4.58. The molecule has 0 unspecified atom stereocenters. The Morgan fingerprint density at radius 3 is 1.14 bits per heavy atom. The van der Waals surface area contributed by atoms with Crippen molar-refractivity contribution in [1.82, 2.24) is 5.32 Å². The van der Waals surface area contributed by atoms with Crippen LogP contribution in [0.15, 0.2) is 0 Å². The number of quaternary nitrogens is 1. The summed E-state index contributed by atoms with van der Waals surface area (Å²) in [5, 5.41) is 3.54. The molecule has 0 atom stereocenters. The second kappa shape index (κ2) is 29.3. The van der Waals surface area contributed by atoms with E-state index in [0.29, 0.717) is 0 Å². The SMILES string of the molecule is CCCCCCCCCCCCOCC[N+]1(CCOCCCCCCCCCCCC)CCNCC1.[Br-]. The summed E-state index contributed by atoms with van der Waals surface area (Å²) < 4.78 is 13.3. The van der Waals surface area contributed by atoms with E-state index in [1.54, 1.807) is 0 Å². The number of rotatable bonds is 28. The van der Waals surface area contributed by atoms with E-state index in [4.69, 9.17) is 9.47 Å². The van der Waals surface area contributed by atoms with E-state index in [0.717, 1.165) is 52.6 Å². The zero-order valence-electron chi connectivity index (χ0n) is 25.4. The minimum Gasteiger partial charge on any atom is -1.00 e. The van der Waals surface area contributed by atoms with Crippen molar-refractivity contribution in [2.75, 3.05) is 65.7 Å². The van der Waals surface area contributed by atoms with Gasteiger partial charge in [0, 0.05) is 26.3 Å². The molecule has 0 aromatic carbocycles. The number of piperazine rings is 1. The molecular formula is C32H67BrN2O2. The summed E-state index contributed by atoms with van der Waals surface area (Å²) >= 11 is 0. The van der Waals surface area contributed by atoms with Crippen molar-refractivity contribution in [3.05, 3.63) is 0 Å². The van der Waals surface area contributed by atoms with E-state index in [2.05, 4.69) is 19.2 Å². The average molecular weight is 592 g/mol. The number of halogens is 1. The minimum absolute atomic E-state index is 0. The molecule has 0 aromatic rings. The van der Waals surface area contributed by atoms with Crippen LogP contribution >= 0.6 is 0 Å². The molecule has 0 bridgehead atoms. The second-order valence-corrected chi connectivity index (χ2v) is 11.6. The van der Waals surface area contributed by atoms with E-state index in [1.165, 1.54) is 146 Å². The van der Waals surface area contributed by atoms with Gasteiger partial charge in [-0.1, -0.05) is 129 Å². The molecule has 224 valence electrons. The number of ether oxygens (including phenoxy) is 2. The molecule has 0 spiro atoms. The highest BCUT2D eigenvalue weighted by Crippen LogP contribution is 2.13. The Labute approximate surface area is 243 Å². The Morgan fingerprint density at radius 2 is 0.784 bits per heavy atom. The minimum atomic E-state index is 0. The Kier molecular flexibility index (Phi) is 29.6. The van der Waals surface area contributed by atoms with Crippen LogP contribution in [0.5, 0.6) is 0 Å². The molecule has 1 heterocycles. The first kappa shape index (κ1) is 37.3. The maximum absolute atomic E-state index is 6.08. The van der Waals surface area contributed by atoms with Crippen LogP contribution in [0.25, 0.3) is 0 Å². The van der Waals surface area contributed by atoms with Crippen LogP contribution in [-0.4, -0.2) is 70.2 Å². The monoisotopic (exact) mass is 590 g/mol. The summed E-state index contributed by atoms with van der Waals surface area (Å²) in [6, 6.07) is 0. The van der Waals surface area contributed by atoms with Crippen LogP contribution in [0.2, 0.25) is 0 Å². The molecule has 0 radical (unpaired) electrons. The van der Waals surface area contributed by atoms with Crippen molar-refractivity contribution >= 4 is 0 Å². The molecule has 37 heavy (non-hydrogen) atoms. The molecule has 5 heteroatoms. The van der Waals surface area contributed by atoms with Crippen LogP contribution < -0.4 is 22.3 Å². The van der Waals surface area contributed by atoms with Gasteiger partial charge in [0.2, 0.25) is 0 Å². The third kappa shape index (κ3) is 23.9. The van der Waals surface area contributed by atoms with Gasteiger partial charge in [-0.15, -0.1) is 0 Å². The highest BCUT2D eigenvalue weighted by Gasteiger charge is 2.29. The standard InChI is InChI=1S/C32H67N2O2.BrH/c1-3-5-7-9-11-13-15-17-19-21-29-35-31-27-34(25-23-33-24-26-34)28-32-36-30-22-20-18-16-14-12-10-8-6-4-2;/h33H,3-32H2,1-2H3;1H/q+1;/p-1. The maximum atomic E-state index is 6.08. The summed E-state index contributed by atoms with van der Waals surface area (Å²) in [6.45, 7) is 15.3. The molecule has 1 saturated heterocycles. The largest absolute Gasteiger partial charge is 1.00 e. The van der Waals surface area contributed by atoms with Crippen LogP contribution in [0.4, 0.5) is 0 Å². The number of nitrogens with one attached hydrogen (secondary N) is 1. The summed E-state index contributed by atoms with van der Waals surface area (Å²) in [7, 11) is 0. The van der Waals surface area contributed by atoms with Gasteiger partial charge in [0.05, 0.1) is 26.3 Å². The zero-order valence-corrected chi connectivity index (χ0v) is 26.9. The number of nitrogens with zero attached hydrogens (tertiary/aromatic N) is 1. The van der Waals surface area contributed by atoms with Crippen LogP contribution in [0.3, 0.4) is 0 Å². The summed E-state index contributed by atoms with van der Waals surface area (Å²) in [5.74, 6) is 0. The molecule has 0 aliphatic carbocycles. The number of hydrogen-bond acceptors (Lipinski definition) is 3. The predicted octanol–water partition coefficient (Wildman–Crippen LogP) is 5.29. The Hall–Kier alpha value is 0.320. The van der Waals surface area contributed by atoms with Gasteiger partial charge >= 0.3 is 0 Å². The van der Waals surface area contributed by atoms with Gasteiger partial charge in [0.25, 0.3) is 0 Å². The lowest BCUT2D eigenvalue weighted by Crippen LogP contribution is -3.00. The molecular weight excluding hydrogens is 524 g/mol. The van der Waals surface area contributed by atoms with Gasteiger partial charge in [-0.3, -0.25) is 0 Å². The van der Waals surface area contributed by atoms with Gasteiger partial charge in [-0.2, -0.15) is 0 Å². The zero-order chi connectivity index (χ0) is 25.8. The van der Waals surface area contributed by atoms with E-state index >= 15 is 0 Å². The van der Waals surface area contributed by atoms with Crippen molar-refractivity contribution in [3.63, 3.8) is 0 Å². The molecule has 4 nitrogen and oxygen atoms in total. The van der Waals surface area contributed by atoms with Gasteiger partial charge in [0.1, 0.15) is 13.1 Å². The van der Waals surface area contributed by atoms with Gasteiger partial charge < -0.3 is 36.3 Å². The van der Waals surface area contributed by atoms with E-state index < -0.39 is 0 Å². The first-order valence-electron chi connectivity index (χ1n) is 16.5. The lowest BCUT2D eigenvalue weighted by Gasteiger charge is -2.41. The molecule has 1 aliphatic rings. The molecule has 0 aromatic heterocycles. The molecule has 0 saturated carbocycles. The van der Waals surface area contributed by atoms with E-state index in [-0.39, 0.29) is 17.0 Å². The predicted molar refractivity (Wildman–Crippen MR) is 158 cm³/mol.